The lowest BCUT2D eigenvalue weighted by atomic mass is 9.96. The van der Waals surface area contributed by atoms with Crippen molar-refractivity contribution >= 4 is 129 Å². The number of aldehydes is 2. The molecule has 0 saturated heterocycles. The van der Waals surface area contributed by atoms with Crippen molar-refractivity contribution in [3.63, 3.8) is 0 Å². The Morgan fingerprint density at radius 3 is 1.05 bits per heavy atom. The number of aliphatic hydroxyl groups is 3. The SMILES string of the molecule is C#C/C(C)=C/[C@H](C)[C@@H]1CC=C(C)C(=O)O1.C#C/C(C)=C/[C@H](C)[C@H](C/C=C(/C)C(=O)OC)O[Si](C)(C)C(C)(C)C.C#C/C(C)=C/[C@H](C)[C@H](CC=O)O[Si](C)(C)C(C)(C)C.C#C/C(C)=C/[C@H](C)[C@H](CCC)O[Si](C)(C)C(C)(C)C.C#C/C(C)=C/[C@H](C)[C@H](CCO)O[Si](C)(C)C(C)(C)C.CCC[C@H](O[Si](C)(C)C(C)(C)C)[C@@H](C)/C=C(\C)C=O.CCO.CCOP(=O)(OCC)C(C)C(=O)OC.CO.Cl.[2H]CC.[2H]CP.[3H][P+](P)=S. The lowest BCUT2D eigenvalue weighted by molar-refractivity contribution is -0.147. The van der Waals surface area contributed by atoms with Crippen LogP contribution in [0.5, 0.6) is 0 Å². The largest absolute Gasteiger partial charge is 0.468 e. The first kappa shape index (κ1) is 156. The number of hydrogen-bond acceptors (Lipinski definition) is 20. The van der Waals surface area contributed by atoms with E-state index in [1.807, 2.05) is 78.8 Å². The molecule has 30 heteroatoms. The van der Waals surface area contributed by atoms with Crippen LogP contribution in [0, 0.1) is 97.2 Å². The van der Waals surface area contributed by atoms with Crippen LogP contribution in [-0.4, -0.2) is 185 Å². The van der Waals surface area contributed by atoms with Crippen LogP contribution in [0.15, 0.2) is 93.2 Å². The second-order valence-electron chi connectivity index (χ2n) is 42.4. The molecule has 1 rings (SSSR count). The van der Waals surface area contributed by atoms with E-state index in [0.717, 1.165) is 85.2 Å². The molecule has 4 unspecified atom stereocenters. The van der Waals surface area contributed by atoms with E-state index in [1.54, 1.807) is 41.5 Å². The van der Waals surface area contributed by atoms with Crippen molar-refractivity contribution in [1.82, 2.24) is 0 Å². The molecule has 19 nitrogen and oxygen atoms in total. The number of carbonyl (C=O) groups is 5. The van der Waals surface area contributed by atoms with Crippen molar-refractivity contribution in [2.24, 2.45) is 35.5 Å². The van der Waals surface area contributed by atoms with Crippen molar-refractivity contribution in [2.75, 3.05) is 54.4 Å². The minimum Gasteiger partial charge on any atom is -0.468 e. The van der Waals surface area contributed by atoms with Gasteiger partial charge in [0.25, 0.3) is 0 Å². The van der Waals surface area contributed by atoms with Gasteiger partial charge in [0.15, 0.2) is 66.0 Å². The number of rotatable bonds is 40. The molecule has 0 aromatic carbocycles. The predicted molar refractivity (Wildman–Crippen MR) is 642 cm³/mol. The van der Waals surface area contributed by atoms with Crippen molar-refractivity contribution < 1.29 is 92.0 Å². The van der Waals surface area contributed by atoms with Gasteiger partial charge in [-0.25, -0.2) is 9.59 Å². The highest BCUT2D eigenvalue weighted by atomic mass is 35.5. The fourth-order valence-corrected chi connectivity index (χ4v) is 20.1. The van der Waals surface area contributed by atoms with E-state index in [4.69, 9.17) is 87.0 Å². The van der Waals surface area contributed by atoms with Crippen LogP contribution in [0.4, 0.5) is 0 Å². The normalized spacial score (nSPS) is 16.4. The van der Waals surface area contributed by atoms with E-state index < -0.39 is 67.8 Å². The molecule has 1 aliphatic heterocycles. The van der Waals surface area contributed by atoms with Crippen molar-refractivity contribution in [3.8, 4) is 61.7 Å². The summed E-state index contributed by atoms with van der Waals surface area (Å²) in [5.41, 5.74) is 5.82. The molecule has 0 saturated carbocycles. The lowest BCUT2D eigenvalue weighted by Gasteiger charge is -2.40. The van der Waals surface area contributed by atoms with Gasteiger partial charge in [-0.2, -0.15) is 0 Å². The number of aliphatic hydroxyl groups excluding tert-OH is 3. The van der Waals surface area contributed by atoms with Gasteiger partial charge in [0.2, 0.25) is 0 Å². The number of halogens is 1. The van der Waals surface area contributed by atoms with E-state index in [-0.39, 0.29) is 136 Å². The molecule has 16 atom stereocenters. The van der Waals surface area contributed by atoms with Gasteiger partial charge in [0, 0.05) is 76.6 Å². The zero-order chi connectivity index (χ0) is 117. The number of terminal acetylenes is 5. The summed E-state index contributed by atoms with van der Waals surface area (Å²) in [4.78, 5) is 55.7. The minimum atomic E-state index is -3.36. The van der Waals surface area contributed by atoms with E-state index in [2.05, 4.69) is 300 Å². The van der Waals surface area contributed by atoms with Gasteiger partial charge in [0.1, 0.15) is 18.7 Å². The molecule has 1 heterocycles. The maximum atomic E-state index is 12.0. The van der Waals surface area contributed by atoms with Crippen LogP contribution >= 0.6 is 45.2 Å². The van der Waals surface area contributed by atoms with E-state index >= 15 is 0 Å². The number of methoxy groups -OCH3 is 2. The number of allylic oxidation sites excluding steroid dienone is 6. The summed E-state index contributed by atoms with van der Waals surface area (Å²) < 4.78 is 87.7. The van der Waals surface area contributed by atoms with Gasteiger partial charge in [0.05, 0.1) is 66.9 Å². The third-order valence-corrected chi connectivity index (χ3v) is 50.0. The van der Waals surface area contributed by atoms with Gasteiger partial charge in [-0.15, -0.1) is 53.8 Å². The maximum Gasteiger partial charge on any atom is 0.355 e. The minimum absolute atomic E-state index is 0. The third kappa shape index (κ3) is 74.9. The van der Waals surface area contributed by atoms with E-state index in [9.17, 15) is 33.6 Å². The van der Waals surface area contributed by atoms with Crippen LogP contribution in [0.25, 0.3) is 0 Å². The summed E-state index contributed by atoms with van der Waals surface area (Å²) in [6.45, 7) is 97.5. The van der Waals surface area contributed by atoms with Crippen molar-refractivity contribution in [3.05, 3.63) is 93.2 Å². The predicted octanol–water partition coefficient (Wildman–Crippen LogP) is 30.3. The average molecular weight is 2200 g/mol. The Bertz CT molecular complexity index is 4010. The number of carbonyl (C=O) groups excluding carboxylic acids is 5. The molecule has 0 radical (unpaired) electrons. The standard InChI is InChI=1S/C20H34O3Si.C17H32OSi.C16H30O2Si.C16H28O2Si.C16H32O2Si.C13H16O2.C8H17O5P.C2H6O.C2H6.CH4O.CH5P.ClH.H2P2S/c1-11-15(2)14-17(4)18(13-12-16(3)19(21)22-8)23-24(9,10)20(5,6)7;1-10-12-16(15(4)13-14(3)11-2)18-19(8,9)17(5,6)7;2*1-9-13(2)12-14(3)15(10-11-17)18-19(7,8)16(4,5)6;1-9-10-15(14(3)11-13(2)12-17)18-19(7,8)16(4,5)6;1-5-9(2)8-11(4)12-7-6-10(3)13(14)15-12;1-5-12-14(10,13-6-2)7(3)8(9)11-4;1-2-3;3*1-2;;1-2-3/h1,12,14,17-18H,13H2,2-10H3;2,13,15-16H,10,12H2,1,3-9H3;1,12,14-15,17H,10-11H2,2-8H3;1,11-12,14-15H,10H2,2-8H3;11-12,14-15H,9-10H2,1-8H3;1,6,8,11-12H,7H2,2-4H3;7H,5-6H2,1-4H3;3H,2H2,1H3;1-2H3;2H,1H3;2H2,1H3;1H;1H2/p+1/b15-14+,16-12-;14-13+;2*13-12+;13-11+;9-8+;;;;;;;/t17-,18-;15-,16-;3*14-,15-;11-,12-;;;;;;;/m000000......./s1/i;;;;;;;;1D;;1D;;/hT. The molecule has 0 amide bonds. The van der Waals surface area contributed by atoms with Crippen molar-refractivity contribution in [2.45, 2.75) is 440 Å². The zero-order valence-corrected chi connectivity index (χ0v) is 110. The average Bonchev–Trinajstić information content (AvgIpc) is 0.807. The Hall–Kier alpha value is -3.95. The number of hydrogen-bond donors (Lipinski definition) is 3. The summed E-state index contributed by atoms with van der Waals surface area (Å²) in [7, 11) is -4.35. The van der Waals surface area contributed by atoms with Crippen LogP contribution < -0.4 is 0 Å². The van der Waals surface area contributed by atoms with E-state index in [1.165, 1.54) is 21.1 Å². The number of esters is 3. The Morgan fingerprint density at radius 1 is 0.556 bits per heavy atom. The van der Waals surface area contributed by atoms with Gasteiger partial charge in [-0.3, -0.25) is 14.2 Å². The van der Waals surface area contributed by atoms with Gasteiger partial charge < -0.3 is 65.5 Å². The zero-order valence-electron chi connectivity index (χ0n) is 102. The Morgan fingerprint density at radius 2 is 0.817 bits per heavy atom. The molecule has 1 aliphatic rings. The van der Waals surface area contributed by atoms with Gasteiger partial charge in [-0.1, -0.05) is 271 Å². The highest BCUT2D eigenvalue weighted by Gasteiger charge is 2.45. The first-order valence-corrected chi connectivity index (χ1v) is 70.0. The highest BCUT2D eigenvalue weighted by Crippen LogP contribution is 2.53. The molecule has 0 aliphatic carbocycles. The molecule has 0 spiro atoms. The van der Waals surface area contributed by atoms with Crippen molar-refractivity contribution in [1.29, 1.82) is 1.28 Å². The Kier molecular flexibility index (Phi) is 94.0. The van der Waals surface area contributed by atoms with Crippen LogP contribution in [0.3, 0.4) is 0 Å². The summed E-state index contributed by atoms with van der Waals surface area (Å²) in [6.07, 6.45) is 52.2. The Balaban J connectivity index is -0.000000139. The van der Waals surface area contributed by atoms with Crippen LogP contribution in [0.2, 0.25) is 90.7 Å². The molecule has 3 N–H and O–H groups in total. The number of ether oxygens (including phenoxy) is 3. The molecule has 0 aromatic heterocycles. The molecular weight excluding hydrogens is 1980 g/mol. The summed E-state index contributed by atoms with van der Waals surface area (Å²) in [6, 6.07) is 0. The number of cyclic esters (lactones) is 1. The lowest BCUT2D eigenvalue weighted by Crippen LogP contribution is -2.45. The third-order valence-electron chi connectivity index (χ3n) is 25.1. The first-order valence-electron chi connectivity index (χ1n) is 51.4. The monoisotopic (exact) mass is 2200 g/mol. The van der Waals surface area contributed by atoms with Gasteiger partial charge >= 0.3 is 26.8 Å². The van der Waals surface area contributed by atoms with E-state index in [0.29, 0.717) is 55.8 Å². The first-order chi connectivity index (χ1) is 65.6. The molecule has 0 fully saturated rings. The second kappa shape index (κ2) is 85.7. The smallest absolute Gasteiger partial charge is 0.355 e. The van der Waals surface area contributed by atoms with Crippen LogP contribution in [-0.2, 0) is 85.7 Å². The molecule has 0 bridgehead atoms. The highest BCUT2D eigenvalue weighted by molar-refractivity contribution is 8.24. The fraction of sp³-hybridized carbons (Fsp3) is 0.723. The maximum absolute atomic E-state index is 12.0. The molecule has 0 aromatic rings. The summed E-state index contributed by atoms with van der Waals surface area (Å²) in [5.74, 6) is 13.4. The molecule has 142 heavy (non-hydrogen) atoms. The fourth-order valence-electron chi connectivity index (χ4n) is 11.3. The summed E-state index contributed by atoms with van der Waals surface area (Å²) in [5, 5.41) is 24.7. The quantitative estimate of drug-likeness (QED) is 0.00980. The summed E-state index contributed by atoms with van der Waals surface area (Å²) >= 11 is 4.31. The molecular formula is C112H214ClO19P4SSi5+. The Labute approximate surface area is 901 Å². The molecule has 828 valence electrons. The van der Waals surface area contributed by atoms with Gasteiger partial charge in [-0.05, 0) is 239 Å². The topological polar surface area (TPSA) is 255 Å². The second-order valence-corrected chi connectivity index (χ2v) is 71.3. The van der Waals surface area contributed by atoms with Crippen LogP contribution in [0.1, 0.15) is 310 Å².